The molecule has 0 amide bonds. The number of benzene rings is 1. The lowest BCUT2D eigenvalue weighted by Crippen LogP contribution is -2.30. The monoisotopic (exact) mass is 287 g/mol. The highest BCUT2D eigenvalue weighted by Crippen LogP contribution is 2.36. The molecule has 2 N–H and O–H groups in total. The van der Waals surface area contributed by atoms with Crippen LogP contribution in [0.1, 0.15) is 33.1 Å². The van der Waals surface area contributed by atoms with Crippen LogP contribution in [0.25, 0.3) is 0 Å². The standard InChI is InChI=1S/C14H19Cl2NO/c1-8-3-4-10(5-9(8)2)17-11-6-12(15)14(18)13(16)7-11/h6-10,17-18H,3-5H2,1-2H3. The number of anilines is 1. The van der Waals surface area contributed by atoms with Crippen molar-refractivity contribution in [3.8, 4) is 5.75 Å². The van der Waals surface area contributed by atoms with Crippen molar-refractivity contribution in [1.29, 1.82) is 0 Å². The van der Waals surface area contributed by atoms with Gasteiger partial charge in [-0.3, -0.25) is 0 Å². The summed E-state index contributed by atoms with van der Waals surface area (Å²) in [5, 5.41) is 13.6. The Morgan fingerprint density at radius 1 is 1.11 bits per heavy atom. The zero-order chi connectivity index (χ0) is 13.3. The molecule has 1 saturated carbocycles. The molecule has 0 bridgehead atoms. The summed E-state index contributed by atoms with van der Waals surface area (Å²) in [5.41, 5.74) is 0.884. The molecule has 1 aromatic carbocycles. The van der Waals surface area contributed by atoms with Gasteiger partial charge in [0.05, 0.1) is 10.0 Å². The molecule has 1 aliphatic rings. The van der Waals surface area contributed by atoms with Crippen molar-refractivity contribution in [2.45, 2.75) is 39.2 Å². The molecule has 3 atom stereocenters. The van der Waals surface area contributed by atoms with Crippen LogP contribution in [0.3, 0.4) is 0 Å². The predicted molar refractivity (Wildman–Crippen MR) is 77.7 cm³/mol. The number of hydrogen-bond donors (Lipinski definition) is 2. The lowest BCUT2D eigenvalue weighted by Gasteiger charge is -2.33. The first kappa shape index (κ1) is 13.8. The summed E-state index contributed by atoms with van der Waals surface area (Å²) in [7, 11) is 0. The maximum absolute atomic E-state index is 9.52. The van der Waals surface area contributed by atoms with E-state index in [-0.39, 0.29) is 5.75 Å². The first-order valence-corrected chi connectivity index (χ1v) is 7.17. The van der Waals surface area contributed by atoms with Gasteiger partial charge in [-0.05, 0) is 43.2 Å². The third-order valence-electron chi connectivity index (χ3n) is 3.99. The van der Waals surface area contributed by atoms with E-state index in [1.807, 2.05) is 0 Å². The average molecular weight is 288 g/mol. The number of nitrogens with one attached hydrogen (secondary N) is 1. The van der Waals surface area contributed by atoms with Crippen LogP contribution in [0.5, 0.6) is 5.75 Å². The number of halogens is 2. The van der Waals surface area contributed by atoms with Crippen LogP contribution >= 0.6 is 23.2 Å². The molecule has 18 heavy (non-hydrogen) atoms. The van der Waals surface area contributed by atoms with E-state index in [4.69, 9.17) is 23.2 Å². The molecule has 0 heterocycles. The van der Waals surface area contributed by atoms with Crippen LogP contribution in [-0.4, -0.2) is 11.1 Å². The predicted octanol–water partition coefficient (Wildman–Crippen LogP) is 4.94. The Kier molecular flexibility index (Phi) is 4.29. The molecule has 1 fully saturated rings. The number of rotatable bonds is 2. The van der Waals surface area contributed by atoms with Gasteiger partial charge in [-0.2, -0.15) is 0 Å². The van der Waals surface area contributed by atoms with Crippen LogP contribution in [-0.2, 0) is 0 Å². The second kappa shape index (κ2) is 5.58. The molecule has 0 radical (unpaired) electrons. The van der Waals surface area contributed by atoms with E-state index >= 15 is 0 Å². The van der Waals surface area contributed by atoms with Gasteiger partial charge in [0.25, 0.3) is 0 Å². The van der Waals surface area contributed by atoms with E-state index in [1.165, 1.54) is 12.8 Å². The van der Waals surface area contributed by atoms with Crippen molar-refractivity contribution < 1.29 is 5.11 Å². The van der Waals surface area contributed by atoms with Gasteiger partial charge in [0.15, 0.2) is 5.75 Å². The van der Waals surface area contributed by atoms with Crippen molar-refractivity contribution >= 4 is 28.9 Å². The highest BCUT2D eigenvalue weighted by Gasteiger charge is 2.24. The molecule has 100 valence electrons. The fourth-order valence-corrected chi connectivity index (χ4v) is 3.05. The number of aromatic hydroxyl groups is 1. The first-order chi connectivity index (χ1) is 8.47. The van der Waals surface area contributed by atoms with E-state index in [9.17, 15) is 5.11 Å². The minimum atomic E-state index is -0.0467. The number of hydrogen-bond acceptors (Lipinski definition) is 2. The first-order valence-electron chi connectivity index (χ1n) is 6.42. The summed E-state index contributed by atoms with van der Waals surface area (Å²) >= 11 is 11.8. The zero-order valence-corrected chi connectivity index (χ0v) is 12.2. The van der Waals surface area contributed by atoms with Crippen molar-refractivity contribution in [1.82, 2.24) is 0 Å². The molecular weight excluding hydrogens is 269 g/mol. The van der Waals surface area contributed by atoms with Gasteiger partial charge in [-0.1, -0.05) is 37.0 Å². The van der Waals surface area contributed by atoms with Gasteiger partial charge in [0.1, 0.15) is 0 Å². The van der Waals surface area contributed by atoms with Crippen LogP contribution in [0.4, 0.5) is 5.69 Å². The maximum atomic E-state index is 9.52. The summed E-state index contributed by atoms with van der Waals surface area (Å²) < 4.78 is 0. The molecule has 0 aromatic heterocycles. The number of phenols is 1. The fraction of sp³-hybridized carbons (Fsp3) is 0.571. The van der Waals surface area contributed by atoms with Crippen molar-refractivity contribution in [3.63, 3.8) is 0 Å². The Hall–Kier alpha value is -0.600. The minimum absolute atomic E-state index is 0.0467. The number of phenolic OH excluding ortho intramolecular Hbond substituents is 1. The SMILES string of the molecule is CC1CCC(Nc2cc(Cl)c(O)c(Cl)c2)CC1C. The van der Waals surface area contributed by atoms with Crippen LogP contribution in [0, 0.1) is 11.8 Å². The summed E-state index contributed by atoms with van der Waals surface area (Å²) in [5.74, 6) is 1.49. The Bertz CT molecular complexity index is 413. The Labute approximate surface area is 118 Å². The second-order valence-corrected chi connectivity index (χ2v) is 6.21. The quantitative estimate of drug-likeness (QED) is 0.756. The zero-order valence-electron chi connectivity index (χ0n) is 10.7. The van der Waals surface area contributed by atoms with Gasteiger partial charge in [0.2, 0.25) is 0 Å². The smallest absolute Gasteiger partial charge is 0.152 e. The van der Waals surface area contributed by atoms with E-state index in [0.717, 1.165) is 23.9 Å². The topological polar surface area (TPSA) is 32.3 Å². The van der Waals surface area contributed by atoms with E-state index < -0.39 is 0 Å². The highest BCUT2D eigenvalue weighted by molar-refractivity contribution is 6.37. The largest absolute Gasteiger partial charge is 0.505 e. The van der Waals surface area contributed by atoms with Crippen LogP contribution in [0.2, 0.25) is 10.0 Å². The van der Waals surface area contributed by atoms with Gasteiger partial charge >= 0.3 is 0 Å². The molecule has 0 aliphatic heterocycles. The van der Waals surface area contributed by atoms with Gasteiger partial charge in [0, 0.05) is 11.7 Å². The lowest BCUT2D eigenvalue weighted by molar-refractivity contribution is 0.261. The summed E-state index contributed by atoms with van der Waals surface area (Å²) in [6.45, 7) is 4.62. The van der Waals surface area contributed by atoms with E-state index in [0.29, 0.717) is 16.1 Å². The van der Waals surface area contributed by atoms with Gasteiger partial charge < -0.3 is 10.4 Å². The van der Waals surface area contributed by atoms with Crippen molar-refractivity contribution in [3.05, 3.63) is 22.2 Å². The van der Waals surface area contributed by atoms with E-state index in [2.05, 4.69) is 19.2 Å². The van der Waals surface area contributed by atoms with Crippen LogP contribution < -0.4 is 5.32 Å². The van der Waals surface area contributed by atoms with Crippen molar-refractivity contribution in [2.75, 3.05) is 5.32 Å². The molecule has 3 unspecified atom stereocenters. The van der Waals surface area contributed by atoms with Gasteiger partial charge in [-0.15, -0.1) is 0 Å². The average Bonchev–Trinajstić information content (AvgIpc) is 2.31. The van der Waals surface area contributed by atoms with E-state index in [1.54, 1.807) is 12.1 Å². The molecule has 0 saturated heterocycles. The fourth-order valence-electron chi connectivity index (χ4n) is 2.56. The second-order valence-electron chi connectivity index (χ2n) is 5.40. The molecule has 2 rings (SSSR count). The molecule has 0 spiro atoms. The maximum Gasteiger partial charge on any atom is 0.152 e. The molecule has 1 aromatic rings. The third-order valence-corrected chi connectivity index (χ3v) is 4.56. The summed E-state index contributed by atoms with van der Waals surface area (Å²) in [6, 6.07) is 3.92. The molecular formula is C14H19Cl2NO. The van der Waals surface area contributed by atoms with Gasteiger partial charge in [-0.25, -0.2) is 0 Å². The third kappa shape index (κ3) is 3.04. The van der Waals surface area contributed by atoms with Crippen molar-refractivity contribution in [2.24, 2.45) is 11.8 Å². The molecule has 4 heteroatoms. The Morgan fingerprint density at radius 2 is 1.72 bits per heavy atom. The Morgan fingerprint density at radius 3 is 2.28 bits per heavy atom. The van der Waals surface area contributed by atoms with Crippen LogP contribution in [0.15, 0.2) is 12.1 Å². The summed E-state index contributed by atoms with van der Waals surface area (Å²) in [6.07, 6.45) is 3.58. The normalized spacial score (nSPS) is 28.1. The molecule has 1 aliphatic carbocycles. The minimum Gasteiger partial charge on any atom is -0.505 e. The Balaban J connectivity index is 2.06. The lowest BCUT2D eigenvalue weighted by atomic mass is 9.79. The molecule has 2 nitrogen and oxygen atoms in total. The summed E-state index contributed by atoms with van der Waals surface area (Å²) in [4.78, 5) is 0. The highest BCUT2D eigenvalue weighted by atomic mass is 35.5.